The van der Waals surface area contributed by atoms with Crippen molar-refractivity contribution in [1.29, 1.82) is 0 Å². The topological polar surface area (TPSA) is 43.1 Å². The van der Waals surface area contributed by atoms with Gasteiger partial charge in [-0.05, 0) is 30.4 Å². The van der Waals surface area contributed by atoms with Gasteiger partial charge in [0.05, 0.1) is 5.41 Å². The van der Waals surface area contributed by atoms with Gasteiger partial charge in [0.15, 0.2) is 0 Å². The predicted molar refractivity (Wildman–Crippen MR) is 69.8 cm³/mol. The zero-order valence-corrected chi connectivity index (χ0v) is 10.5. The lowest BCUT2D eigenvalue weighted by Gasteiger charge is -2.35. The molecule has 1 fully saturated rings. The maximum atomic E-state index is 11.9. The minimum Gasteiger partial charge on any atom is -0.369 e. The molecule has 2 N–H and O–H groups in total. The lowest BCUT2D eigenvalue weighted by molar-refractivity contribution is -0.124. The summed E-state index contributed by atoms with van der Waals surface area (Å²) in [7, 11) is 0. The molecule has 2 heteroatoms. The van der Waals surface area contributed by atoms with Crippen molar-refractivity contribution in [2.75, 3.05) is 0 Å². The van der Waals surface area contributed by atoms with Crippen LogP contribution < -0.4 is 5.73 Å². The van der Waals surface area contributed by atoms with Crippen LogP contribution in [0.5, 0.6) is 0 Å². The van der Waals surface area contributed by atoms with Crippen LogP contribution in [-0.4, -0.2) is 5.91 Å². The van der Waals surface area contributed by atoms with Crippen LogP contribution >= 0.6 is 0 Å². The summed E-state index contributed by atoms with van der Waals surface area (Å²) in [5, 5.41) is 0. The SMILES string of the molecule is CCc1cccc(C2(C(N)=O)CCCCC2)c1. The van der Waals surface area contributed by atoms with E-state index in [1.807, 2.05) is 6.07 Å². The summed E-state index contributed by atoms with van der Waals surface area (Å²) in [4.78, 5) is 11.9. The minimum absolute atomic E-state index is 0.148. The average molecular weight is 231 g/mol. The summed E-state index contributed by atoms with van der Waals surface area (Å²) < 4.78 is 0. The van der Waals surface area contributed by atoms with Crippen LogP contribution in [0.3, 0.4) is 0 Å². The Morgan fingerprint density at radius 3 is 2.59 bits per heavy atom. The van der Waals surface area contributed by atoms with Crippen LogP contribution in [0, 0.1) is 0 Å². The minimum atomic E-state index is -0.399. The molecule has 0 atom stereocenters. The number of hydrogen-bond donors (Lipinski definition) is 1. The van der Waals surface area contributed by atoms with Crippen LogP contribution in [0.15, 0.2) is 24.3 Å². The third-order valence-electron chi connectivity index (χ3n) is 4.07. The Morgan fingerprint density at radius 1 is 1.29 bits per heavy atom. The van der Waals surface area contributed by atoms with Crippen LogP contribution in [0.2, 0.25) is 0 Å². The summed E-state index contributed by atoms with van der Waals surface area (Å²) in [5.74, 6) is -0.148. The first-order chi connectivity index (χ1) is 8.19. The molecule has 0 bridgehead atoms. The lowest BCUT2D eigenvalue weighted by Crippen LogP contribution is -2.42. The molecular weight excluding hydrogens is 210 g/mol. The molecule has 0 radical (unpaired) electrons. The summed E-state index contributed by atoms with van der Waals surface area (Å²) in [6.45, 7) is 2.14. The van der Waals surface area contributed by atoms with Crippen molar-refractivity contribution in [2.45, 2.75) is 50.9 Å². The molecule has 0 aliphatic heterocycles. The van der Waals surface area contributed by atoms with E-state index in [2.05, 4.69) is 25.1 Å². The maximum absolute atomic E-state index is 11.9. The Labute approximate surface area is 103 Å². The largest absolute Gasteiger partial charge is 0.369 e. The molecular formula is C15H21NO. The van der Waals surface area contributed by atoms with Crippen LogP contribution in [0.25, 0.3) is 0 Å². The van der Waals surface area contributed by atoms with Crippen molar-refractivity contribution in [1.82, 2.24) is 0 Å². The summed E-state index contributed by atoms with van der Waals surface area (Å²) in [5.41, 5.74) is 7.70. The molecule has 0 heterocycles. The number of nitrogens with two attached hydrogens (primary N) is 1. The van der Waals surface area contributed by atoms with Gasteiger partial charge >= 0.3 is 0 Å². The van der Waals surface area contributed by atoms with E-state index in [1.165, 1.54) is 12.0 Å². The third-order valence-corrected chi connectivity index (χ3v) is 4.07. The van der Waals surface area contributed by atoms with Gasteiger partial charge in [0.25, 0.3) is 0 Å². The van der Waals surface area contributed by atoms with Crippen LogP contribution in [0.4, 0.5) is 0 Å². The Bertz CT molecular complexity index is 405. The Morgan fingerprint density at radius 2 is 2.00 bits per heavy atom. The molecule has 0 saturated heterocycles. The molecule has 1 saturated carbocycles. The molecule has 0 aromatic heterocycles. The second-order valence-electron chi connectivity index (χ2n) is 5.06. The fourth-order valence-electron chi connectivity index (χ4n) is 2.92. The highest BCUT2D eigenvalue weighted by Gasteiger charge is 2.39. The molecule has 2 nitrogen and oxygen atoms in total. The fourth-order valence-corrected chi connectivity index (χ4v) is 2.92. The monoisotopic (exact) mass is 231 g/mol. The van der Waals surface area contributed by atoms with Crippen molar-refractivity contribution in [3.8, 4) is 0 Å². The number of hydrogen-bond acceptors (Lipinski definition) is 1. The highest BCUT2D eigenvalue weighted by atomic mass is 16.1. The van der Waals surface area contributed by atoms with E-state index in [9.17, 15) is 4.79 Å². The third kappa shape index (κ3) is 2.21. The molecule has 1 aromatic rings. The Hall–Kier alpha value is -1.31. The quantitative estimate of drug-likeness (QED) is 0.854. The number of primary amides is 1. The van der Waals surface area contributed by atoms with Crippen LogP contribution in [-0.2, 0) is 16.6 Å². The Balaban J connectivity index is 2.41. The molecule has 17 heavy (non-hydrogen) atoms. The van der Waals surface area contributed by atoms with E-state index in [1.54, 1.807) is 0 Å². The first-order valence-corrected chi connectivity index (χ1v) is 6.58. The molecule has 1 aromatic carbocycles. The van der Waals surface area contributed by atoms with Gasteiger partial charge in [0.2, 0.25) is 5.91 Å². The van der Waals surface area contributed by atoms with Gasteiger partial charge < -0.3 is 5.73 Å². The smallest absolute Gasteiger partial charge is 0.228 e. The van der Waals surface area contributed by atoms with Gasteiger partial charge in [-0.2, -0.15) is 0 Å². The zero-order valence-electron chi connectivity index (χ0n) is 10.5. The normalized spacial score (nSPS) is 18.9. The standard InChI is InChI=1S/C15H21NO/c1-2-12-7-6-8-13(11-12)15(14(16)17)9-4-3-5-10-15/h6-8,11H,2-5,9-10H2,1H3,(H2,16,17). The van der Waals surface area contributed by atoms with Crippen molar-refractivity contribution in [2.24, 2.45) is 5.73 Å². The molecule has 1 amide bonds. The van der Waals surface area contributed by atoms with Gasteiger partial charge in [0.1, 0.15) is 0 Å². The van der Waals surface area contributed by atoms with Gasteiger partial charge in [-0.25, -0.2) is 0 Å². The van der Waals surface area contributed by atoms with E-state index in [0.717, 1.165) is 37.7 Å². The van der Waals surface area contributed by atoms with E-state index >= 15 is 0 Å². The fraction of sp³-hybridized carbons (Fsp3) is 0.533. The maximum Gasteiger partial charge on any atom is 0.228 e. The Kier molecular flexibility index (Phi) is 3.51. The van der Waals surface area contributed by atoms with Crippen molar-refractivity contribution >= 4 is 5.91 Å². The van der Waals surface area contributed by atoms with E-state index in [4.69, 9.17) is 5.73 Å². The molecule has 1 aliphatic rings. The van der Waals surface area contributed by atoms with E-state index in [0.29, 0.717) is 0 Å². The molecule has 1 aliphatic carbocycles. The summed E-state index contributed by atoms with van der Waals surface area (Å²) >= 11 is 0. The molecule has 2 rings (SSSR count). The predicted octanol–water partition coefficient (Wildman–Crippen LogP) is 2.94. The molecule has 0 unspecified atom stereocenters. The van der Waals surface area contributed by atoms with Gasteiger partial charge in [0, 0.05) is 0 Å². The average Bonchev–Trinajstić information content (AvgIpc) is 2.39. The summed E-state index contributed by atoms with van der Waals surface area (Å²) in [6, 6.07) is 8.39. The number of amides is 1. The number of carbonyl (C=O) groups is 1. The zero-order chi connectivity index (χ0) is 12.3. The van der Waals surface area contributed by atoms with Gasteiger partial charge in [-0.3, -0.25) is 4.79 Å². The summed E-state index contributed by atoms with van der Waals surface area (Å²) in [6.07, 6.45) is 6.27. The lowest BCUT2D eigenvalue weighted by atomic mass is 9.68. The van der Waals surface area contributed by atoms with Crippen LogP contribution in [0.1, 0.15) is 50.2 Å². The van der Waals surface area contributed by atoms with E-state index < -0.39 is 5.41 Å². The number of benzene rings is 1. The second kappa shape index (κ2) is 4.91. The number of carbonyl (C=O) groups excluding carboxylic acids is 1. The van der Waals surface area contributed by atoms with Gasteiger partial charge in [-0.1, -0.05) is 50.5 Å². The number of aryl methyl sites for hydroxylation is 1. The van der Waals surface area contributed by atoms with Crippen molar-refractivity contribution in [3.05, 3.63) is 35.4 Å². The first kappa shape index (κ1) is 12.2. The van der Waals surface area contributed by atoms with Crippen molar-refractivity contribution in [3.63, 3.8) is 0 Å². The molecule has 92 valence electrons. The van der Waals surface area contributed by atoms with E-state index in [-0.39, 0.29) is 5.91 Å². The van der Waals surface area contributed by atoms with Gasteiger partial charge in [-0.15, -0.1) is 0 Å². The highest BCUT2D eigenvalue weighted by Crippen LogP contribution is 2.39. The number of rotatable bonds is 3. The highest BCUT2D eigenvalue weighted by molar-refractivity contribution is 5.86. The second-order valence-corrected chi connectivity index (χ2v) is 5.06. The first-order valence-electron chi connectivity index (χ1n) is 6.58. The molecule has 0 spiro atoms. The van der Waals surface area contributed by atoms with Crippen molar-refractivity contribution < 1.29 is 4.79 Å².